The summed E-state index contributed by atoms with van der Waals surface area (Å²) >= 11 is 0. The molecule has 9 heteroatoms. The Labute approximate surface area is 161 Å². The zero-order valence-corrected chi connectivity index (χ0v) is 15.7. The van der Waals surface area contributed by atoms with Crippen LogP contribution in [0.1, 0.15) is 26.7 Å². The Morgan fingerprint density at radius 1 is 1.18 bits per heavy atom. The van der Waals surface area contributed by atoms with Gasteiger partial charge in [-0.15, -0.1) is 0 Å². The van der Waals surface area contributed by atoms with Crippen molar-refractivity contribution in [1.82, 2.24) is 9.88 Å². The molecule has 2 N–H and O–H groups in total. The summed E-state index contributed by atoms with van der Waals surface area (Å²) in [5.74, 6) is -3.35. The molecule has 0 radical (unpaired) electrons. The molecule has 0 saturated carbocycles. The third kappa shape index (κ3) is 6.82. The Balaban J connectivity index is 0.00000122. The van der Waals surface area contributed by atoms with Gasteiger partial charge in [0.25, 0.3) is 5.91 Å². The summed E-state index contributed by atoms with van der Waals surface area (Å²) in [5.41, 5.74) is 0.587. The number of fused-ring (bicyclic) bond motifs is 1. The maximum atomic E-state index is 12.4. The van der Waals surface area contributed by atoms with E-state index in [1.54, 1.807) is 30.3 Å². The molecule has 0 fully saturated rings. The van der Waals surface area contributed by atoms with Crippen LogP contribution in [0.3, 0.4) is 0 Å². The van der Waals surface area contributed by atoms with E-state index in [-0.39, 0.29) is 0 Å². The first-order valence-electron chi connectivity index (χ1n) is 8.67. The number of aliphatic carboxylic acids is 1. The smallest absolute Gasteiger partial charge is 0.418 e. The van der Waals surface area contributed by atoms with E-state index in [1.807, 2.05) is 5.32 Å². The molecule has 0 saturated heterocycles. The fraction of sp³-hybridized carbons (Fsp3) is 0.368. The standard InChI is InChI=1S/C16H15FN2O6.C3H8/c17-8-13(20)11(7-15(22)23)18-14(21)9-25-16(24)19-6-5-10-3-1-2-4-12(10)19;1-3-2/h1-6,11H,7-9H2,(H,18,21)(H,22,23);3H2,1-2H3. The van der Waals surface area contributed by atoms with Crippen molar-refractivity contribution >= 4 is 34.7 Å². The van der Waals surface area contributed by atoms with Crippen LogP contribution in [-0.2, 0) is 19.1 Å². The minimum Gasteiger partial charge on any atom is -0.481 e. The van der Waals surface area contributed by atoms with Crippen LogP contribution in [0, 0.1) is 0 Å². The molecule has 0 spiro atoms. The second kappa shape index (κ2) is 11.5. The van der Waals surface area contributed by atoms with Gasteiger partial charge in [0.1, 0.15) is 12.7 Å². The number of benzene rings is 1. The number of carbonyl (C=O) groups is 4. The average Bonchev–Trinajstić information content (AvgIpc) is 3.09. The van der Waals surface area contributed by atoms with Gasteiger partial charge in [0.2, 0.25) is 0 Å². The number of alkyl halides is 1. The molecule has 152 valence electrons. The van der Waals surface area contributed by atoms with E-state index >= 15 is 0 Å². The molecule has 28 heavy (non-hydrogen) atoms. The van der Waals surface area contributed by atoms with Crippen LogP contribution in [0.5, 0.6) is 0 Å². The highest BCUT2D eigenvalue weighted by Crippen LogP contribution is 2.15. The quantitative estimate of drug-likeness (QED) is 0.746. The number of hydrogen-bond donors (Lipinski definition) is 2. The minimum atomic E-state index is -1.51. The Bertz CT molecular complexity index is 833. The molecule has 1 heterocycles. The van der Waals surface area contributed by atoms with Crippen molar-refractivity contribution in [1.29, 1.82) is 0 Å². The molecule has 1 amide bonds. The molecule has 1 atom stereocenters. The molecule has 0 bridgehead atoms. The molecule has 0 aliphatic rings. The highest BCUT2D eigenvalue weighted by atomic mass is 19.1. The summed E-state index contributed by atoms with van der Waals surface area (Å²) in [6, 6.07) is 7.21. The van der Waals surface area contributed by atoms with Crippen LogP contribution in [0.4, 0.5) is 9.18 Å². The van der Waals surface area contributed by atoms with Crippen molar-refractivity contribution in [2.75, 3.05) is 13.3 Å². The van der Waals surface area contributed by atoms with E-state index < -0.39 is 49.5 Å². The topological polar surface area (TPSA) is 115 Å². The Morgan fingerprint density at radius 2 is 1.82 bits per heavy atom. The predicted octanol–water partition coefficient (Wildman–Crippen LogP) is 2.54. The molecule has 8 nitrogen and oxygen atoms in total. The molecular weight excluding hydrogens is 371 g/mol. The van der Waals surface area contributed by atoms with Crippen LogP contribution in [0.25, 0.3) is 10.9 Å². The number of Topliss-reactive ketones (excluding diaryl/α,β-unsaturated/α-hetero) is 1. The lowest BCUT2D eigenvalue weighted by molar-refractivity contribution is -0.140. The fourth-order valence-corrected chi connectivity index (χ4v) is 2.19. The number of amides is 1. The summed E-state index contributed by atoms with van der Waals surface area (Å²) in [6.07, 6.45) is 1.15. The lowest BCUT2D eigenvalue weighted by atomic mass is 10.1. The molecule has 2 rings (SSSR count). The van der Waals surface area contributed by atoms with E-state index in [0.717, 1.165) is 5.39 Å². The molecule has 1 aromatic heterocycles. The van der Waals surface area contributed by atoms with Crippen molar-refractivity contribution < 1.29 is 33.4 Å². The van der Waals surface area contributed by atoms with Crippen LogP contribution < -0.4 is 5.32 Å². The molecule has 0 aliphatic carbocycles. The number of carbonyl (C=O) groups excluding carboxylic acids is 3. The summed E-state index contributed by atoms with van der Waals surface area (Å²) < 4.78 is 18.4. The highest BCUT2D eigenvalue weighted by Gasteiger charge is 2.24. The zero-order chi connectivity index (χ0) is 21.1. The van der Waals surface area contributed by atoms with Crippen LogP contribution in [0.2, 0.25) is 0 Å². The number of carboxylic acid groups (broad SMARTS) is 1. The first-order valence-corrected chi connectivity index (χ1v) is 8.67. The molecular formula is C19H23FN2O6. The van der Waals surface area contributed by atoms with Crippen LogP contribution in [0.15, 0.2) is 36.5 Å². The summed E-state index contributed by atoms with van der Waals surface area (Å²) in [4.78, 5) is 45.7. The minimum absolute atomic E-state index is 0.587. The van der Waals surface area contributed by atoms with Gasteiger partial charge in [0.15, 0.2) is 12.4 Å². The van der Waals surface area contributed by atoms with Crippen molar-refractivity contribution in [3.63, 3.8) is 0 Å². The van der Waals surface area contributed by atoms with E-state index in [4.69, 9.17) is 9.84 Å². The number of halogens is 1. The number of ketones is 1. The van der Waals surface area contributed by atoms with Crippen LogP contribution in [-0.4, -0.2) is 52.7 Å². The number of nitrogens with zero attached hydrogens (tertiary/aromatic N) is 1. The number of ether oxygens (including phenoxy) is 1. The van der Waals surface area contributed by atoms with Crippen LogP contribution >= 0.6 is 0 Å². The number of carboxylic acids is 1. The summed E-state index contributed by atoms with van der Waals surface area (Å²) in [5, 5.41) is 11.5. The lowest BCUT2D eigenvalue weighted by Crippen LogP contribution is -2.44. The van der Waals surface area contributed by atoms with Gasteiger partial charge >= 0.3 is 12.1 Å². The van der Waals surface area contributed by atoms with E-state index in [0.29, 0.717) is 5.52 Å². The normalized spacial score (nSPS) is 11.1. The van der Waals surface area contributed by atoms with Crippen molar-refractivity contribution in [2.24, 2.45) is 0 Å². The first kappa shape index (κ1) is 22.8. The van der Waals surface area contributed by atoms with Crippen molar-refractivity contribution in [3.8, 4) is 0 Å². The third-order valence-corrected chi connectivity index (χ3v) is 3.36. The number of aromatic nitrogens is 1. The summed E-state index contributed by atoms with van der Waals surface area (Å²) in [6.45, 7) is 2.11. The van der Waals surface area contributed by atoms with E-state index in [9.17, 15) is 23.6 Å². The summed E-state index contributed by atoms with van der Waals surface area (Å²) in [7, 11) is 0. The second-order valence-corrected chi connectivity index (χ2v) is 5.82. The van der Waals surface area contributed by atoms with Crippen molar-refractivity contribution in [3.05, 3.63) is 36.5 Å². The zero-order valence-electron chi connectivity index (χ0n) is 15.7. The maximum Gasteiger partial charge on any atom is 0.418 e. The SMILES string of the molecule is CCC.O=C(O)CC(NC(=O)COC(=O)n1ccc2ccccc21)C(=O)CF. The van der Waals surface area contributed by atoms with Gasteiger partial charge in [-0.3, -0.25) is 19.0 Å². The van der Waals surface area contributed by atoms with Crippen molar-refractivity contribution in [2.45, 2.75) is 32.7 Å². The molecule has 0 aliphatic heterocycles. The largest absolute Gasteiger partial charge is 0.481 e. The Hall–Kier alpha value is -3.23. The molecule has 1 aromatic carbocycles. The first-order chi connectivity index (χ1) is 13.3. The highest BCUT2D eigenvalue weighted by molar-refractivity contribution is 5.94. The predicted molar refractivity (Wildman–Crippen MR) is 99.8 cm³/mol. The van der Waals surface area contributed by atoms with Gasteiger partial charge < -0.3 is 15.2 Å². The van der Waals surface area contributed by atoms with E-state index in [2.05, 4.69) is 13.8 Å². The third-order valence-electron chi connectivity index (χ3n) is 3.36. The van der Waals surface area contributed by atoms with Gasteiger partial charge in [-0.2, -0.15) is 0 Å². The maximum absolute atomic E-state index is 12.4. The molecule has 2 aromatic rings. The average molecular weight is 394 g/mol. The van der Waals surface area contributed by atoms with Gasteiger partial charge in [0, 0.05) is 11.6 Å². The van der Waals surface area contributed by atoms with Gasteiger partial charge in [-0.1, -0.05) is 38.5 Å². The van der Waals surface area contributed by atoms with E-state index in [1.165, 1.54) is 17.2 Å². The van der Waals surface area contributed by atoms with Gasteiger partial charge in [-0.05, 0) is 12.1 Å². The second-order valence-electron chi connectivity index (χ2n) is 5.82. The number of rotatable bonds is 7. The van der Waals surface area contributed by atoms with Gasteiger partial charge in [-0.25, -0.2) is 9.18 Å². The number of para-hydroxylation sites is 1. The van der Waals surface area contributed by atoms with Gasteiger partial charge in [0.05, 0.1) is 11.9 Å². The number of hydrogen-bond acceptors (Lipinski definition) is 5. The monoisotopic (exact) mass is 394 g/mol. The Morgan fingerprint density at radius 3 is 2.43 bits per heavy atom. The Kier molecular flexibility index (Phi) is 9.35. The lowest BCUT2D eigenvalue weighted by Gasteiger charge is -2.14. The molecule has 1 unspecified atom stereocenters. The number of nitrogens with one attached hydrogen (secondary N) is 1. The fourth-order valence-electron chi connectivity index (χ4n) is 2.19.